The summed E-state index contributed by atoms with van der Waals surface area (Å²) in [5.74, 6) is 3.43. The lowest BCUT2D eigenvalue weighted by molar-refractivity contribution is 0.257. The zero-order chi connectivity index (χ0) is 16.0. The number of aliphatic hydroxyl groups excluding tert-OH is 1. The third kappa shape index (κ3) is 5.98. The molecule has 2 aliphatic rings. The molecule has 0 bridgehead atoms. The molecule has 0 heterocycles. The average Bonchev–Trinajstić information content (AvgIpc) is 2.91. The minimum atomic E-state index is 0.328. The fourth-order valence-corrected chi connectivity index (χ4v) is 3.52. The van der Waals surface area contributed by atoms with Crippen molar-refractivity contribution in [3.8, 4) is 0 Å². The van der Waals surface area contributed by atoms with Crippen LogP contribution in [0, 0.1) is 29.1 Å². The van der Waals surface area contributed by atoms with Crippen LogP contribution in [0.4, 0.5) is 0 Å². The summed E-state index contributed by atoms with van der Waals surface area (Å²) in [7, 11) is 0. The lowest BCUT2D eigenvalue weighted by atomic mass is 9.97. The number of allylic oxidation sites excluding steroid dienone is 3. The Morgan fingerprint density at radius 3 is 2.48 bits per heavy atom. The van der Waals surface area contributed by atoms with Crippen LogP contribution in [0.2, 0.25) is 0 Å². The molecule has 0 spiro atoms. The fraction of sp³-hybridized carbons (Fsp3) is 0.800. The van der Waals surface area contributed by atoms with Gasteiger partial charge in [0.25, 0.3) is 0 Å². The predicted molar refractivity (Wildman–Crippen MR) is 93.2 cm³/mol. The van der Waals surface area contributed by atoms with Crippen LogP contribution in [0.3, 0.4) is 0 Å². The van der Waals surface area contributed by atoms with Crippen molar-refractivity contribution >= 4 is 0 Å². The van der Waals surface area contributed by atoms with Gasteiger partial charge in [-0.15, -0.1) is 6.58 Å². The molecule has 0 aromatic rings. The summed E-state index contributed by atoms with van der Waals surface area (Å²) in [4.78, 5) is 0. The molecule has 0 aliphatic heterocycles. The minimum Gasteiger partial charge on any atom is -0.396 e. The Hall–Kier alpha value is -0.560. The third-order valence-electron chi connectivity index (χ3n) is 5.33. The first kappa shape index (κ1) is 18.5. The van der Waals surface area contributed by atoms with Crippen molar-refractivity contribution in [2.75, 3.05) is 6.61 Å². The van der Waals surface area contributed by atoms with E-state index in [-0.39, 0.29) is 0 Å². The van der Waals surface area contributed by atoms with E-state index >= 15 is 0 Å². The number of rotatable bonds is 6. The number of aliphatic hydroxyl groups is 1. The Morgan fingerprint density at radius 2 is 2.00 bits per heavy atom. The summed E-state index contributed by atoms with van der Waals surface area (Å²) in [6, 6.07) is 0. The summed E-state index contributed by atoms with van der Waals surface area (Å²) in [5.41, 5.74) is 1.91. The van der Waals surface area contributed by atoms with Crippen molar-refractivity contribution < 1.29 is 5.11 Å². The van der Waals surface area contributed by atoms with Crippen molar-refractivity contribution in [3.63, 3.8) is 0 Å². The van der Waals surface area contributed by atoms with E-state index in [9.17, 15) is 0 Å². The first-order chi connectivity index (χ1) is 9.78. The van der Waals surface area contributed by atoms with Crippen molar-refractivity contribution in [2.45, 2.75) is 66.7 Å². The van der Waals surface area contributed by atoms with Crippen molar-refractivity contribution in [1.82, 2.24) is 0 Å². The summed E-state index contributed by atoms with van der Waals surface area (Å²) in [6.45, 7) is 15.5. The van der Waals surface area contributed by atoms with E-state index in [4.69, 9.17) is 5.11 Å². The zero-order valence-corrected chi connectivity index (χ0v) is 14.9. The summed E-state index contributed by atoms with van der Waals surface area (Å²) >= 11 is 0. The molecule has 0 saturated heterocycles. The summed E-state index contributed by atoms with van der Waals surface area (Å²) in [6.07, 6.45) is 10.7. The predicted octanol–water partition coefficient (Wildman–Crippen LogP) is 5.61. The van der Waals surface area contributed by atoms with Crippen LogP contribution >= 0.6 is 0 Å². The van der Waals surface area contributed by atoms with E-state index in [2.05, 4.69) is 53.3 Å². The van der Waals surface area contributed by atoms with Crippen LogP contribution < -0.4 is 0 Å². The van der Waals surface area contributed by atoms with Gasteiger partial charge in [0.1, 0.15) is 0 Å². The first-order valence-electron chi connectivity index (χ1n) is 8.72. The normalized spacial score (nSPS) is 29.9. The molecule has 4 unspecified atom stereocenters. The van der Waals surface area contributed by atoms with Gasteiger partial charge in [0, 0.05) is 6.61 Å². The van der Waals surface area contributed by atoms with Gasteiger partial charge in [-0.2, -0.15) is 0 Å². The SMILES string of the molecule is C=C(C)CCCC(C)CCO.CC1C=CC2C(C1)C2(C)C. The van der Waals surface area contributed by atoms with Crippen LogP contribution in [0.1, 0.15) is 66.7 Å². The molecule has 122 valence electrons. The van der Waals surface area contributed by atoms with Gasteiger partial charge >= 0.3 is 0 Å². The van der Waals surface area contributed by atoms with Crippen LogP contribution in [-0.2, 0) is 0 Å². The number of fused-ring (bicyclic) bond motifs is 1. The molecular weight excluding hydrogens is 256 g/mol. The van der Waals surface area contributed by atoms with Gasteiger partial charge < -0.3 is 5.11 Å². The summed E-state index contributed by atoms with van der Waals surface area (Å²) in [5, 5.41) is 8.63. The van der Waals surface area contributed by atoms with Crippen LogP contribution in [0.25, 0.3) is 0 Å². The van der Waals surface area contributed by atoms with E-state index in [1.807, 2.05) is 0 Å². The van der Waals surface area contributed by atoms with Gasteiger partial charge in [0.2, 0.25) is 0 Å². The zero-order valence-electron chi connectivity index (χ0n) is 14.9. The number of hydrogen-bond donors (Lipinski definition) is 1. The van der Waals surface area contributed by atoms with Gasteiger partial charge in [-0.3, -0.25) is 0 Å². The highest BCUT2D eigenvalue weighted by Crippen LogP contribution is 2.63. The minimum absolute atomic E-state index is 0.328. The third-order valence-corrected chi connectivity index (χ3v) is 5.33. The molecule has 0 radical (unpaired) electrons. The largest absolute Gasteiger partial charge is 0.396 e. The lowest BCUT2D eigenvalue weighted by Gasteiger charge is -2.08. The van der Waals surface area contributed by atoms with Crippen LogP contribution in [0.15, 0.2) is 24.3 Å². The molecule has 1 heteroatoms. The topological polar surface area (TPSA) is 20.2 Å². The maximum atomic E-state index is 8.63. The monoisotopic (exact) mass is 292 g/mol. The summed E-state index contributed by atoms with van der Waals surface area (Å²) < 4.78 is 0. The molecule has 4 atom stereocenters. The maximum absolute atomic E-state index is 8.63. The Morgan fingerprint density at radius 1 is 1.33 bits per heavy atom. The standard InChI is InChI=1S/C10H20O.C10H16/c1-9(2)5-4-6-10(3)7-8-11;1-7-4-5-8-9(6-7)10(8,2)3/h10-11H,1,4-8H2,2-3H3;4-5,7-9H,6H2,1-3H3. The second kappa shape index (κ2) is 8.17. The Kier molecular flexibility index (Phi) is 7.20. The van der Waals surface area contributed by atoms with Crippen LogP contribution in [-0.4, -0.2) is 11.7 Å². The van der Waals surface area contributed by atoms with Crippen LogP contribution in [0.5, 0.6) is 0 Å². The molecule has 1 fully saturated rings. The molecule has 0 aromatic heterocycles. The lowest BCUT2D eigenvalue weighted by Crippen LogP contribution is -1.97. The van der Waals surface area contributed by atoms with Gasteiger partial charge in [-0.05, 0) is 61.7 Å². The molecule has 0 amide bonds. The van der Waals surface area contributed by atoms with Gasteiger partial charge in [0.05, 0.1) is 0 Å². The second-order valence-corrected chi connectivity index (χ2v) is 8.02. The van der Waals surface area contributed by atoms with Gasteiger partial charge in [0.15, 0.2) is 0 Å². The fourth-order valence-electron chi connectivity index (χ4n) is 3.52. The number of hydrogen-bond acceptors (Lipinski definition) is 1. The molecule has 2 aliphatic carbocycles. The van der Waals surface area contributed by atoms with E-state index < -0.39 is 0 Å². The smallest absolute Gasteiger partial charge is 0.0433 e. The highest BCUT2D eigenvalue weighted by Gasteiger charge is 2.56. The highest BCUT2D eigenvalue weighted by atomic mass is 16.3. The van der Waals surface area contributed by atoms with E-state index in [0.717, 1.165) is 30.6 Å². The molecule has 2 rings (SSSR count). The van der Waals surface area contributed by atoms with Gasteiger partial charge in [-0.25, -0.2) is 0 Å². The molecule has 1 nitrogen and oxygen atoms in total. The first-order valence-corrected chi connectivity index (χ1v) is 8.72. The van der Waals surface area contributed by atoms with E-state index in [1.54, 1.807) is 0 Å². The van der Waals surface area contributed by atoms with Crippen molar-refractivity contribution in [3.05, 3.63) is 24.3 Å². The molecule has 21 heavy (non-hydrogen) atoms. The quantitative estimate of drug-likeness (QED) is 0.631. The van der Waals surface area contributed by atoms with Crippen molar-refractivity contribution in [2.24, 2.45) is 29.1 Å². The van der Waals surface area contributed by atoms with E-state index in [1.165, 1.54) is 24.8 Å². The average molecular weight is 293 g/mol. The van der Waals surface area contributed by atoms with E-state index in [0.29, 0.717) is 17.9 Å². The highest BCUT2D eigenvalue weighted by molar-refractivity contribution is 5.18. The molecule has 0 aromatic carbocycles. The molecule has 1 N–H and O–H groups in total. The second-order valence-electron chi connectivity index (χ2n) is 8.02. The Labute approximate surface area is 132 Å². The Bertz CT molecular complexity index is 353. The van der Waals surface area contributed by atoms with Crippen molar-refractivity contribution in [1.29, 1.82) is 0 Å². The Balaban J connectivity index is 0.000000210. The molecular formula is C20H36O. The van der Waals surface area contributed by atoms with Gasteiger partial charge in [-0.1, -0.05) is 51.8 Å². The maximum Gasteiger partial charge on any atom is 0.0433 e. The molecule has 1 saturated carbocycles.